The van der Waals surface area contributed by atoms with Crippen LogP contribution in [0.15, 0.2) is 0 Å². The maximum absolute atomic E-state index is 11.0. The lowest BCUT2D eigenvalue weighted by Crippen LogP contribution is -2.41. The molecule has 0 aromatic rings. The lowest BCUT2D eigenvalue weighted by Gasteiger charge is -2.23. The lowest BCUT2D eigenvalue weighted by atomic mass is 10.1. The molecule has 5 nitrogen and oxygen atoms in total. The summed E-state index contributed by atoms with van der Waals surface area (Å²) in [5.41, 5.74) is 0. The lowest BCUT2D eigenvalue weighted by molar-refractivity contribution is -0.148. The van der Waals surface area contributed by atoms with E-state index in [9.17, 15) is 9.59 Å². The van der Waals surface area contributed by atoms with Crippen molar-refractivity contribution in [2.24, 2.45) is 0 Å². The Bertz CT molecular complexity index is 219. The Balaban J connectivity index is 4.05. The number of carboxylic acid groups (broad SMARTS) is 1. The van der Waals surface area contributed by atoms with Crippen molar-refractivity contribution in [3.63, 3.8) is 0 Å². The number of rotatable bonds is 7. The van der Waals surface area contributed by atoms with Gasteiger partial charge in [-0.2, -0.15) is 0 Å². The predicted molar refractivity (Wildman–Crippen MR) is 57.6 cm³/mol. The van der Waals surface area contributed by atoms with Crippen LogP contribution in [0.1, 0.15) is 26.2 Å². The van der Waals surface area contributed by atoms with Crippen LogP contribution in [0.2, 0.25) is 0 Å². The van der Waals surface area contributed by atoms with Crippen LogP contribution in [0.3, 0.4) is 0 Å². The molecular weight excluding hydrogens is 196 g/mol. The fourth-order valence-corrected chi connectivity index (χ4v) is 1.34. The topological polar surface area (TPSA) is 69.6 Å². The van der Waals surface area contributed by atoms with E-state index in [0.717, 1.165) is 19.4 Å². The number of aliphatic carboxylic acids is 1. The van der Waals surface area contributed by atoms with E-state index in [-0.39, 0.29) is 5.91 Å². The van der Waals surface area contributed by atoms with Crippen molar-refractivity contribution in [1.82, 2.24) is 10.2 Å². The first-order valence-corrected chi connectivity index (χ1v) is 5.11. The number of carbonyl (C=O) groups excluding carboxylic acids is 1. The number of carboxylic acids is 1. The number of hydrogen-bond donors (Lipinski definition) is 2. The molecule has 1 atom stereocenters. The number of unbranched alkanes of at least 4 members (excludes halogenated alkanes) is 1. The van der Waals surface area contributed by atoms with Crippen molar-refractivity contribution in [3.8, 4) is 0 Å². The largest absolute Gasteiger partial charge is 0.480 e. The van der Waals surface area contributed by atoms with E-state index in [4.69, 9.17) is 5.11 Å². The van der Waals surface area contributed by atoms with Gasteiger partial charge < -0.3 is 15.3 Å². The van der Waals surface area contributed by atoms with Crippen molar-refractivity contribution in [2.75, 3.05) is 20.6 Å². The molecule has 0 aromatic heterocycles. The fourth-order valence-electron chi connectivity index (χ4n) is 1.34. The summed E-state index contributed by atoms with van der Waals surface area (Å²) in [6.45, 7) is 2.25. The van der Waals surface area contributed by atoms with Gasteiger partial charge in [-0.3, -0.25) is 4.79 Å². The fraction of sp³-hybridized carbons (Fsp3) is 0.800. The van der Waals surface area contributed by atoms with Gasteiger partial charge in [-0.1, -0.05) is 0 Å². The van der Waals surface area contributed by atoms with Crippen LogP contribution in [0.4, 0.5) is 0 Å². The highest BCUT2D eigenvalue weighted by Gasteiger charge is 2.23. The Morgan fingerprint density at radius 3 is 2.40 bits per heavy atom. The second-order valence-corrected chi connectivity index (χ2v) is 3.58. The molecule has 0 fully saturated rings. The molecule has 0 saturated heterocycles. The number of nitrogens with one attached hydrogen (secondary N) is 1. The van der Waals surface area contributed by atoms with Crippen molar-refractivity contribution in [3.05, 3.63) is 0 Å². The molecule has 1 unspecified atom stereocenters. The quantitative estimate of drug-likeness (QED) is 0.601. The maximum Gasteiger partial charge on any atom is 0.326 e. The third-order valence-electron chi connectivity index (χ3n) is 2.40. The number of amides is 1. The molecule has 5 heteroatoms. The first kappa shape index (κ1) is 13.9. The number of likely N-dealkylation sites (N-methyl/N-ethyl adjacent to an activating group) is 1. The summed E-state index contributed by atoms with van der Waals surface area (Å²) in [4.78, 5) is 23.2. The first-order chi connectivity index (χ1) is 7.00. The van der Waals surface area contributed by atoms with Gasteiger partial charge in [0.15, 0.2) is 0 Å². The Morgan fingerprint density at radius 2 is 2.00 bits per heavy atom. The second-order valence-electron chi connectivity index (χ2n) is 3.58. The summed E-state index contributed by atoms with van der Waals surface area (Å²) < 4.78 is 0. The van der Waals surface area contributed by atoms with Crippen molar-refractivity contribution in [2.45, 2.75) is 32.2 Å². The van der Waals surface area contributed by atoms with Crippen LogP contribution in [-0.2, 0) is 9.59 Å². The molecule has 0 spiro atoms. The van der Waals surface area contributed by atoms with Crippen LogP contribution in [0, 0.1) is 0 Å². The van der Waals surface area contributed by atoms with E-state index in [2.05, 4.69) is 5.32 Å². The SMILES string of the molecule is CNCCCCC(C(=O)O)N(C)C(C)=O. The molecule has 1 amide bonds. The molecule has 0 aliphatic rings. The van der Waals surface area contributed by atoms with Crippen LogP contribution in [0.5, 0.6) is 0 Å². The molecule has 88 valence electrons. The molecule has 0 bridgehead atoms. The van der Waals surface area contributed by atoms with Gasteiger partial charge >= 0.3 is 5.97 Å². The Hall–Kier alpha value is -1.10. The van der Waals surface area contributed by atoms with Crippen LogP contribution in [-0.4, -0.2) is 48.6 Å². The molecule has 0 aliphatic heterocycles. The molecule has 0 heterocycles. The maximum atomic E-state index is 11.0. The van der Waals surface area contributed by atoms with Gasteiger partial charge in [0, 0.05) is 14.0 Å². The first-order valence-electron chi connectivity index (χ1n) is 5.11. The summed E-state index contributed by atoms with van der Waals surface area (Å²) in [6, 6.07) is -0.695. The van der Waals surface area contributed by atoms with Crippen LogP contribution in [0.25, 0.3) is 0 Å². The van der Waals surface area contributed by atoms with Gasteiger partial charge in [0.2, 0.25) is 5.91 Å². The standard InChI is InChI=1S/C10H20N2O3/c1-8(13)12(3)9(10(14)15)6-4-5-7-11-2/h9,11H,4-7H2,1-3H3,(H,14,15). The van der Waals surface area contributed by atoms with E-state index >= 15 is 0 Å². The van der Waals surface area contributed by atoms with E-state index in [1.807, 2.05) is 7.05 Å². The second kappa shape index (κ2) is 7.23. The molecule has 0 aromatic carbocycles. The summed E-state index contributed by atoms with van der Waals surface area (Å²) >= 11 is 0. The molecule has 0 aliphatic carbocycles. The summed E-state index contributed by atoms with van der Waals surface area (Å²) in [7, 11) is 3.38. The molecule has 15 heavy (non-hydrogen) atoms. The van der Waals surface area contributed by atoms with Gasteiger partial charge in [-0.25, -0.2) is 4.79 Å². The smallest absolute Gasteiger partial charge is 0.326 e. The minimum Gasteiger partial charge on any atom is -0.480 e. The Kier molecular flexibility index (Phi) is 6.70. The van der Waals surface area contributed by atoms with Gasteiger partial charge in [0.25, 0.3) is 0 Å². The van der Waals surface area contributed by atoms with Gasteiger partial charge in [0.05, 0.1) is 0 Å². The molecule has 2 N–H and O–H groups in total. The van der Waals surface area contributed by atoms with Gasteiger partial charge in [-0.05, 0) is 32.9 Å². The zero-order valence-electron chi connectivity index (χ0n) is 9.62. The number of carbonyl (C=O) groups is 2. The van der Waals surface area contributed by atoms with Crippen LogP contribution < -0.4 is 5.32 Å². The van der Waals surface area contributed by atoms with Crippen LogP contribution >= 0.6 is 0 Å². The molecule has 0 saturated carbocycles. The van der Waals surface area contributed by atoms with E-state index in [1.165, 1.54) is 18.9 Å². The minimum atomic E-state index is -0.933. The summed E-state index contributed by atoms with van der Waals surface area (Å²) in [5.74, 6) is -1.15. The average molecular weight is 216 g/mol. The van der Waals surface area contributed by atoms with E-state index in [1.54, 1.807) is 0 Å². The normalized spacial score (nSPS) is 12.2. The summed E-state index contributed by atoms with van der Waals surface area (Å²) in [6.07, 6.45) is 2.23. The number of nitrogens with zero attached hydrogens (tertiary/aromatic N) is 1. The zero-order chi connectivity index (χ0) is 11.8. The third kappa shape index (κ3) is 5.37. The molecule has 0 radical (unpaired) electrons. The summed E-state index contributed by atoms with van der Waals surface area (Å²) in [5, 5.41) is 11.9. The van der Waals surface area contributed by atoms with Crippen molar-refractivity contribution in [1.29, 1.82) is 0 Å². The molecular formula is C10H20N2O3. The highest BCUT2D eigenvalue weighted by molar-refractivity contribution is 5.81. The Morgan fingerprint density at radius 1 is 1.40 bits per heavy atom. The third-order valence-corrected chi connectivity index (χ3v) is 2.40. The van der Waals surface area contributed by atoms with Gasteiger partial charge in [0.1, 0.15) is 6.04 Å². The predicted octanol–water partition coefficient (Wildman–Crippen LogP) is 0.308. The highest BCUT2D eigenvalue weighted by atomic mass is 16.4. The average Bonchev–Trinajstić information content (AvgIpc) is 2.16. The number of hydrogen-bond acceptors (Lipinski definition) is 3. The molecule has 0 rings (SSSR count). The highest BCUT2D eigenvalue weighted by Crippen LogP contribution is 2.07. The van der Waals surface area contributed by atoms with Crippen molar-refractivity contribution >= 4 is 11.9 Å². The van der Waals surface area contributed by atoms with E-state index < -0.39 is 12.0 Å². The van der Waals surface area contributed by atoms with E-state index in [0.29, 0.717) is 6.42 Å². The Labute approximate surface area is 90.5 Å². The van der Waals surface area contributed by atoms with Gasteiger partial charge in [-0.15, -0.1) is 0 Å². The monoisotopic (exact) mass is 216 g/mol. The van der Waals surface area contributed by atoms with Crippen molar-refractivity contribution < 1.29 is 14.7 Å². The minimum absolute atomic E-state index is 0.212. The zero-order valence-corrected chi connectivity index (χ0v) is 9.62.